The Hall–Kier alpha value is -2.12. The van der Waals surface area contributed by atoms with Gasteiger partial charge in [0.1, 0.15) is 18.5 Å². The molecule has 2 N–H and O–H groups in total. The van der Waals surface area contributed by atoms with Gasteiger partial charge in [0.05, 0.1) is 0 Å². The Morgan fingerprint density at radius 2 is 1.69 bits per heavy atom. The van der Waals surface area contributed by atoms with Gasteiger partial charge in [-0.3, -0.25) is 14.6 Å². The average molecular weight is 418 g/mol. The van der Waals surface area contributed by atoms with Crippen LogP contribution in [-0.2, 0) is 11.3 Å². The standard InChI is InChI=1S/C22H28ClN3O3/c1-17(27)24-20-6-8-22(9-7-20)29-16-21(28)15-26-12-10-25(11-13-26)14-18-2-4-19(23)5-3-18/h2-9,21,28H,10-16H2,1H3,(H,24,27)/t21-/m1/s1. The zero-order valence-corrected chi connectivity index (χ0v) is 17.4. The molecule has 2 aromatic carbocycles. The first-order chi connectivity index (χ1) is 14.0. The Morgan fingerprint density at radius 1 is 1.07 bits per heavy atom. The molecule has 6 nitrogen and oxygen atoms in total. The molecule has 0 radical (unpaired) electrons. The van der Waals surface area contributed by atoms with Crippen molar-refractivity contribution in [3.05, 3.63) is 59.1 Å². The molecule has 7 heteroatoms. The normalized spacial score (nSPS) is 16.4. The summed E-state index contributed by atoms with van der Waals surface area (Å²) in [5, 5.41) is 13.8. The molecule has 1 fully saturated rings. The molecular formula is C22H28ClN3O3. The van der Waals surface area contributed by atoms with Gasteiger partial charge < -0.3 is 15.2 Å². The first-order valence-electron chi connectivity index (χ1n) is 9.85. The number of anilines is 1. The molecule has 0 unspecified atom stereocenters. The van der Waals surface area contributed by atoms with Crippen molar-refractivity contribution in [1.82, 2.24) is 9.80 Å². The quantitative estimate of drug-likeness (QED) is 0.691. The van der Waals surface area contributed by atoms with Crippen molar-refractivity contribution in [1.29, 1.82) is 0 Å². The summed E-state index contributed by atoms with van der Waals surface area (Å²) >= 11 is 5.94. The smallest absolute Gasteiger partial charge is 0.221 e. The van der Waals surface area contributed by atoms with E-state index >= 15 is 0 Å². The van der Waals surface area contributed by atoms with Crippen LogP contribution in [0.2, 0.25) is 5.02 Å². The number of ether oxygens (including phenoxy) is 1. The van der Waals surface area contributed by atoms with Crippen LogP contribution in [0, 0.1) is 0 Å². The van der Waals surface area contributed by atoms with Crippen molar-refractivity contribution >= 4 is 23.2 Å². The predicted octanol–water partition coefficient (Wildman–Crippen LogP) is 2.86. The van der Waals surface area contributed by atoms with Crippen molar-refractivity contribution in [2.24, 2.45) is 0 Å². The maximum Gasteiger partial charge on any atom is 0.221 e. The van der Waals surface area contributed by atoms with Crippen LogP contribution in [0.4, 0.5) is 5.69 Å². The third-order valence-corrected chi connectivity index (χ3v) is 5.12. The summed E-state index contributed by atoms with van der Waals surface area (Å²) in [5.41, 5.74) is 1.99. The van der Waals surface area contributed by atoms with Gasteiger partial charge in [0.25, 0.3) is 0 Å². The molecule has 0 bridgehead atoms. The predicted molar refractivity (Wildman–Crippen MR) is 115 cm³/mol. The lowest BCUT2D eigenvalue weighted by atomic mass is 10.2. The fourth-order valence-corrected chi connectivity index (χ4v) is 3.48. The van der Waals surface area contributed by atoms with Gasteiger partial charge in [0, 0.05) is 56.9 Å². The van der Waals surface area contributed by atoms with E-state index in [2.05, 4.69) is 27.2 Å². The molecule has 2 aromatic rings. The number of aliphatic hydroxyl groups excluding tert-OH is 1. The number of carbonyl (C=O) groups is 1. The SMILES string of the molecule is CC(=O)Nc1ccc(OC[C@H](O)CN2CCN(Cc3ccc(Cl)cc3)CC2)cc1. The first kappa shape index (κ1) is 21.6. The molecular weight excluding hydrogens is 390 g/mol. The maximum atomic E-state index is 11.0. The molecule has 3 rings (SSSR count). The van der Waals surface area contributed by atoms with Gasteiger partial charge in [-0.25, -0.2) is 0 Å². The van der Waals surface area contributed by atoms with Crippen LogP contribution < -0.4 is 10.1 Å². The summed E-state index contributed by atoms with van der Waals surface area (Å²) < 4.78 is 5.67. The summed E-state index contributed by atoms with van der Waals surface area (Å²) in [6.07, 6.45) is -0.548. The van der Waals surface area contributed by atoms with E-state index in [1.807, 2.05) is 12.1 Å². The lowest BCUT2D eigenvalue weighted by molar-refractivity contribution is -0.114. The molecule has 156 valence electrons. The minimum Gasteiger partial charge on any atom is -0.491 e. The number of nitrogens with one attached hydrogen (secondary N) is 1. The second kappa shape index (κ2) is 10.6. The highest BCUT2D eigenvalue weighted by molar-refractivity contribution is 6.30. The molecule has 29 heavy (non-hydrogen) atoms. The summed E-state index contributed by atoms with van der Waals surface area (Å²) in [6, 6.07) is 15.1. The zero-order valence-electron chi connectivity index (χ0n) is 16.7. The number of hydrogen-bond acceptors (Lipinski definition) is 5. The maximum absolute atomic E-state index is 11.0. The van der Waals surface area contributed by atoms with Crippen LogP contribution in [-0.4, -0.2) is 66.2 Å². The number of carbonyl (C=O) groups excluding carboxylic acids is 1. The Morgan fingerprint density at radius 3 is 2.31 bits per heavy atom. The lowest BCUT2D eigenvalue weighted by Gasteiger charge is -2.35. The van der Waals surface area contributed by atoms with E-state index in [0.717, 1.165) is 43.4 Å². The van der Waals surface area contributed by atoms with E-state index in [1.54, 1.807) is 24.3 Å². The Bertz CT molecular complexity index is 775. The molecule has 1 amide bonds. The van der Waals surface area contributed by atoms with E-state index in [0.29, 0.717) is 12.3 Å². The molecule has 1 saturated heterocycles. The number of amides is 1. The third kappa shape index (κ3) is 7.33. The average Bonchev–Trinajstić information content (AvgIpc) is 2.70. The topological polar surface area (TPSA) is 65.0 Å². The molecule has 1 atom stereocenters. The Balaban J connectivity index is 1.35. The minimum atomic E-state index is -0.548. The second-order valence-electron chi connectivity index (χ2n) is 7.37. The van der Waals surface area contributed by atoms with Crippen molar-refractivity contribution in [3.8, 4) is 5.75 Å². The van der Waals surface area contributed by atoms with E-state index in [1.165, 1.54) is 12.5 Å². The first-order valence-corrected chi connectivity index (χ1v) is 10.2. The molecule has 0 aromatic heterocycles. The Labute approximate surface area is 177 Å². The largest absolute Gasteiger partial charge is 0.491 e. The van der Waals surface area contributed by atoms with E-state index in [4.69, 9.17) is 16.3 Å². The number of β-amino-alcohol motifs (C(OH)–C–C–N with tert-alkyl or cyclic N) is 1. The Kier molecular flexibility index (Phi) is 7.89. The summed E-state index contributed by atoms with van der Waals surface area (Å²) in [4.78, 5) is 15.7. The van der Waals surface area contributed by atoms with Crippen molar-refractivity contribution in [3.63, 3.8) is 0 Å². The summed E-state index contributed by atoms with van der Waals surface area (Å²) in [5.74, 6) is 0.563. The van der Waals surface area contributed by atoms with Crippen molar-refractivity contribution in [2.75, 3.05) is 44.6 Å². The molecule has 0 spiro atoms. The third-order valence-electron chi connectivity index (χ3n) is 4.87. The van der Waals surface area contributed by atoms with Crippen LogP contribution in [0.1, 0.15) is 12.5 Å². The van der Waals surface area contributed by atoms with E-state index in [-0.39, 0.29) is 12.5 Å². The lowest BCUT2D eigenvalue weighted by Crippen LogP contribution is -2.48. The minimum absolute atomic E-state index is 0.109. The molecule has 0 saturated carbocycles. The molecule has 1 aliphatic heterocycles. The number of rotatable bonds is 8. The van der Waals surface area contributed by atoms with Crippen LogP contribution >= 0.6 is 11.6 Å². The van der Waals surface area contributed by atoms with Gasteiger partial charge >= 0.3 is 0 Å². The summed E-state index contributed by atoms with van der Waals surface area (Å²) in [6.45, 7) is 7.03. The number of aliphatic hydroxyl groups is 1. The monoisotopic (exact) mass is 417 g/mol. The second-order valence-corrected chi connectivity index (χ2v) is 7.81. The van der Waals surface area contributed by atoms with Crippen LogP contribution in [0.5, 0.6) is 5.75 Å². The number of halogens is 1. The number of hydrogen-bond donors (Lipinski definition) is 2. The zero-order chi connectivity index (χ0) is 20.6. The fraction of sp³-hybridized carbons (Fsp3) is 0.409. The van der Waals surface area contributed by atoms with Crippen LogP contribution in [0.15, 0.2) is 48.5 Å². The van der Waals surface area contributed by atoms with Gasteiger partial charge in [0.15, 0.2) is 0 Å². The van der Waals surface area contributed by atoms with Gasteiger partial charge in [-0.2, -0.15) is 0 Å². The molecule has 1 heterocycles. The highest BCUT2D eigenvalue weighted by Crippen LogP contribution is 2.16. The summed E-state index contributed by atoms with van der Waals surface area (Å²) in [7, 11) is 0. The van der Waals surface area contributed by atoms with Crippen molar-refractivity contribution < 1.29 is 14.6 Å². The number of benzene rings is 2. The van der Waals surface area contributed by atoms with E-state index < -0.39 is 6.10 Å². The highest BCUT2D eigenvalue weighted by atomic mass is 35.5. The number of nitrogens with zero attached hydrogens (tertiary/aromatic N) is 2. The molecule has 1 aliphatic rings. The van der Waals surface area contributed by atoms with Crippen LogP contribution in [0.3, 0.4) is 0 Å². The van der Waals surface area contributed by atoms with Gasteiger partial charge in [0.2, 0.25) is 5.91 Å². The van der Waals surface area contributed by atoms with Gasteiger partial charge in [-0.15, -0.1) is 0 Å². The van der Waals surface area contributed by atoms with Crippen molar-refractivity contribution in [2.45, 2.75) is 19.6 Å². The van der Waals surface area contributed by atoms with E-state index in [9.17, 15) is 9.90 Å². The van der Waals surface area contributed by atoms with Gasteiger partial charge in [-0.05, 0) is 42.0 Å². The highest BCUT2D eigenvalue weighted by Gasteiger charge is 2.19. The number of piperazine rings is 1. The molecule has 0 aliphatic carbocycles. The van der Waals surface area contributed by atoms with Crippen LogP contribution in [0.25, 0.3) is 0 Å². The van der Waals surface area contributed by atoms with Gasteiger partial charge in [-0.1, -0.05) is 23.7 Å². The fourth-order valence-electron chi connectivity index (χ4n) is 3.36.